The lowest BCUT2D eigenvalue weighted by Crippen LogP contribution is -2.31. The van der Waals surface area contributed by atoms with E-state index in [1.54, 1.807) is 12.1 Å². The Bertz CT molecular complexity index is 469. The fourth-order valence-corrected chi connectivity index (χ4v) is 3.07. The van der Waals surface area contributed by atoms with Crippen molar-refractivity contribution in [3.63, 3.8) is 0 Å². The lowest BCUT2D eigenvalue weighted by atomic mass is 10.0. The minimum atomic E-state index is -0.299. The van der Waals surface area contributed by atoms with Crippen LogP contribution in [0.4, 0.5) is 5.69 Å². The van der Waals surface area contributed by atoms with Crippen LogP contribution in [0.25, 0.3) is 0 Å². The van der Waals surface area contributed by atoms with Crippen molar-refractivity contribution in [3.8, 4) is 0 Å². The van der Waals surface area contributed by atoms with E-state index in [1.807, 2.05) is 19.1 Å². The van der Waals surface area contributed by atoms with E-state index in [2.05, 4.69) is 11.8 Å². The largest absolute Gasteiger partial charge is 0.330 e. The Morgan fingerprint density at radius 2 is 2.15 bits per heavy atom. The SMILES string of the molecule is CC1CC(CN)CN1C(C)c1ccccc1[N+](=O)[O-].Cl. The number of benzene rings is 1. The van der Waals surface area contributed by atoms with Crippen LogP contribution in [0.2, 0.25) is 0 Å². The van der Waals surface area contributed by atoms with Gasteiger partial charge in [-0.05, 0) is 32.7 Å². The summed E-state index contributed by atoms with van der Waals surface area (Å²) in [6.07, 6.45) is 1.07. The number of halogens is 1. The van der Waals surface area contributed by atoms with Gasteiger partial charge in [-0.25, -0.2) is 0 Å². The first-order chi connectivity index (χ1) is 9.04. The minimum absolute atomic E-state index is 0. The Kier molecular flexibility index (Phi) is 5.92. The standard InChI is InChI=1S/C14H21N3O2.ClH/c1-10-7-12(8-15)9-16(10)11(2)13-5-3-4-6-14(13)17(18)19;/h3-6,10-12H,7-9,15H2,1-2H3;1H. The highest BCUT2D eigenvalue weighted by Crippen LogP contribution is 2.35. The third-order valence-corrected chi connectivity index (χ3v) is 4.12. The summed E-state index contributed by atoms with van der Waals surface area (Å²) >= 11 is 0. The van der Waals surface area contributed by atoms with Crippen LogP contribution in [-0.2, 0) is 0 Å². The number of hydrogen-bond acceptors (Lipinski definition) is 4. The van der Waals surface area contributed by atoms with Gasteiger partial charge in [0.2, 0.25) is 0 Å². The van der Waals surface area contributed by atoms with Gasteiger partial charge in [0.05, 0.1) is 4.92 Å². The van der Waals surface area contributed by atoms with Crippen molar-refractivity contribution >= 4 is 18.1 Å². The third-order valence-electron chi connectivity index (χ3n) is 4.12. The van der Waals surface area contributed by atoms with E-state index < -0.39 is 0 Å². The van der Waals surface area contributed by atoms with Crippen LogP contribution >= 0.6 is 12.4 Å². The summed E-state index contributed by atoms with van der Waals surface area (Å²) in [4.78, 5) is 13.1. The summed E-state index contributed by atoms with van der Waals surface area (Å²) in [6, 6.07) is 7.47. The quantitative estimate of drug-likeness (QED) is 0.685. The molecule has 3 atom stereocenters. The molecule has 1 aromatic rings. The number of likely N-dealkylation sites (tertiary alicyclic amines) is 1. The molecule has 1 heterocycles. The number of nitro benzene ring substituents is 1. The molecule has 3 unspecified atom stereocenters. The van der Waals surface area contributed by atoms with Crippen molar-refractivity contribution in [2.75, 3.05) is 13.1 Å². The summed E-state index contributed by atoms with van der Waals surface area (Å²) in [5, 5.41) is 11.1. The molecule has 112 valence electrons. The molecule has 2 N–H and O–H groups in total. The fourth-order valence-electron chi connectivity index (χ4n) is 3.07. The average molecular weight is 300 g/mol. The molecule has 1 aliphatic rings. The average Bonchev–Trinajstić information content (AvgIpc) is 2.79. The van der Waals surface area contributed by atoms with Crippen LogP contribution in [0.15, 0.2) is 24.3 Å². The number of para-hydroxylation sites is 1. The molecule has 0 aliphatic carbocycles. The van der Waals surface area contributed by atoms with Crippen LogP contribution < -0.4 is 5.73 Å². The molecule has 1 aromatic carbocycles. The topological polar surface area (TPSA) is 72.4 Å². The molecule has 5 nitrogen and oxygen atoms in total. The third kappa shape index (κ3) is 3.29. The lowest BCUT2D eigenvalue weighted by molar-refractivity contribution is -0.386. The summed E-state index contributed by atoms with van der Waals surface area (Å²) in [6.45, 7) is 5.81. The molecule has 0 saturated carbocycles. The van der Waals surface area contributed by atoms with E-state index >= 15 is 0 Å². The molecular formula is C14H22ClN3O2. The van der Waals surface area contributed by atoms with Crippen molar-refractivity contribution in [2.24, 2.45) is 11.7 Å². The van der Waals surface area contributed by atoms with Crippen molar-refractivity contribution in [1.82, 2.24) is 4.90 Å². The molecule has 0 aromatic heterocycles. The Morgan fingerprint density at radius 1 is 1.50 bits per heavy atom. The van der Waals surface area contributed by atoms with Gasteiger partial charge in [-0.3, -0.25) is 15.0 Å². The zero-order chi connectivity index (χ0) is 14.0. The maximum Gasteiger partial charge on any atom is 0.274 e. The van der Waals surface area contributed by atoms with E-state index in [9.17, 15) is 10.1 Å². The lowest BCUT2D eigenvalue weighted by Gasteiger charge is -2.28. The van der Waals surface area contributed by atoms with Gasteiger partial charge < -0.3 is 5.73 Å². The highest BCUT2D eigenvalue weighted by atomic mass is 35.5. The zero-order valence-electron chi connectivity index (χ0n) is 11.9. The second-order valence-electron chi connectivity index (χ2n) is 5.38. The van der Waals surface area contributed by atoms with Gasteiger partial charge >= 0.3 is 0 Å². The summed E-state index contributed by atoms with van der Waals surface area (Å²) in [5.74, 6) is 0.500. The van der Waals surface area contributed by atoms with Gasteiger partial charge in [0, 0.05) is 30.3 Å². The molecule has 0 amide bonds. The first-order valence-corrected chi connectivity index (χ1v) is 6.73. The minimum Gasteiger partial charge on any atom is -0.330 e. The number of hydrogen-bond donors (Lipinski definition) is 1. The van der Waals surface area contributed by atoms with Gasteiger partial charge in [-0.15, -0.1) is 12.4 Å². The molecule has 0 spiro atoms. The molecule has 1 saturated heterocycles. The van der Waals surface area contributed by atoms with Crippen LogP contribution in [0.1, 0.15) is 31.9 Å². The molecule has 2 rings (SSSR count). The molecule has 1 fully saturated rings. The summed E-state index contributed by atoms with van der Waals surface area (Å²) in [5.41, 5.74) is 6.74. The van der Waals surface area contributed by atoms with Gasteiger partial charge in [-0.2, -0.15) is 0 Å². The van der Waals surface area contributed by atoms with Crippen molar-refractivity contribution in [3.05, 3.63) is 39.9 Å². The summed E-state index contributed by atoms with van der Waals surface area (Å²) in [7, 11) is 0. The Balaban J connectivity index is 0.00000200. The highest BCUT2D eigenvalue weighted by Gasteiger charge is 2.33. The predicted octanol–water partition coefficient (Wildman–Crippen LogP) is 2.75. The molecule has 0 bridgehead atoms. The van der Waals surface area contributed by atoms with Crippen molar-refractivity contribution < 1.29 is 4.92 Å². The Hall–Kier alpha value is -1.17. The number of nitro groups is 1. The van der Waals surface area contributed by atoms with Crippen molar-refractivity contribution in [2.45, 2.75) is 32.4 Å². The van der Waals surface area contributed by atoms with Crippen LogP contribution in [-0.4, -0.2) is 29.0 Å². The number of nitrogens with zero attached hydrogens (tertiary/aromatic N) is 2. The summed E-state index contributed by atoms with van der Waals surface area (Å²) < 4.78 is 0. The van der Waals surface area contributed by atoms with E-state index in [1.165, 1.54) is 0 Å². The van der Waals surface area contributed by atoms with Gasteiger partial charge in [0.1, 0.15) is 0 Å². The Morgan fingerprint density at radius 3 is 2.70 bits per heavy atom. The van der Waals surface area contributed by atoms with Gasteiger partial charge in [0.25, 0.3) is 5.69 Å². The monoisotopic (exact) mass is 299 g/mol. The van der Waals surface area contributed by atoms with E-state index in [0.717, 1.165) is 18.5 Å². The highest BCUT2D eigenvalue weighted by molar-refractivity contribution is 5.85. The zero-order valence-corrected chi connectivity index (χ0v) is 12.7. The molecular weight excluding hydrogens is 278 g/mol. The smallest absolute Gasteiger partial charge is 0.274 e. The second kappa shape index (κ2) is 7.02. The Labute approximate surface area is 125 Å². The van der Waals surface area contributed by atoms with Gasteiger partial charge in [0.15, 0.2) is 0 Å². The van der Waals surface area contributed by atoms with E-state index in [0.29, 0.717) is 18.5 Å². The molecule has 6 heteroatoms. The van der Waals surface area contributed by atoms with Crippen LogP contribution in [0.3, 0.4) is 0 Å². The van der Waals surface area contributed by atoms with E-state index in [-0.39, 0.29) is 29.1 Å². The second-order valence-corrected chi connectivity index (χ2v) is 5.38. The first-order valence-electron chi connectivity index (χ1n) is 6.73. The van der Waals surface area contributed by atoms with Gasteiger partial charge in [-0.1, -0.05) is 18.2 Å². The number of rotatable bonds is 4. The van der Waals surface area contributed by atoms with Crippen LogP contribution in [0, 0.1) is 16.0 Å². The number of nitrogens with two attached hydrogens (primary N) is 1. The normalized spacial score (nSPS) is 24.1. The maximum atomic E-state index is 11.1. The maximum absolute atomic E-state index is 11.1. The fraction of sp³-hybridized carbons (Fsp3) is 0.571. The molecule has 0 radical (unpaired) electrons. The predicted molar refractivity (Wildman–Crippen MR) is 82.1 cm³/mol. The molecule has 20 heavy (non-hydrogen) atoms. The van der Waals surface area contributed by atoms with Crippen LogP contribution in [0.5, 0.6) is 0 Å². The van der Waals surface area contributed by atoms with Crippen molar-refractivity contribution in [1.29, 1.82) is 0 Å². The first kappa shape index (κ1) is 16.9. The molecule has 1 aliphatic heterocycles. The van der Waals surface area contributed by atoms with E-state index in [4.69, 9.17) is 5.73 Å².